The van der Waals surface area contributed by atoms with E-state index >= 15 is 0 Å². The Bertz CT molecular complexity index is 286. The largest absolute Gasteiger partial charge is 0.481 e. The zero-order chi connectivity index (χ0) is 11.4. The summed E-state index contributed by atoms with van der Waals surface area (Å²) in [5.41, 5.74) is 0. The molecular formula is C8H17NO4S. The predicted octanol–water partition coefficient (Wildman–Crippen LogP) is 0.379. The van der Waals surface area contributed by atoms with Crippen LogP contribution in [0.25, 0.3) is 0 Å². The monoisotopic (exact) mass is 223 g/mol. The van der Waals surface area contributed by atoms with Crippen molar-refractivity contribution in [1.82, 2.24) is 4.31 Å². The third-order valence-electron chi connectivity index (χ3n) is 1.84. The number of carboxylic acids is 1. The topological polar surface area (TPSA) is 74.7 Å². The lowest BCUT2D eigenvalue weighted by atomic mass is 10.2. The zero-order valence-corrected chi connectivity index (χ0v) is 9.54. The second-order valence-corrected chi connectivity index (χ2v) is 5.34. The summed E-state index contributed by atoms with van der Waals surface area (Å²) in [7, 11) is -3.29. The van der Waals surface area contributed by atoms with E-state index in [9.17, 15) is 13.2 Å². The standard InChI is InChI=1S/C8H17NO4S/c1-4-5-9(14(3,12)13)6-7(2)8(10)11/h7H,4-6H2,1-3H3,(H,10,11). The van der Waals surface area contributed by atoms with Crippen molar-refractivity contribution in [3.63, 3.8) is 0 Å². The molecule has 1 N–H and O–H groups in total. The van der Waals surface area contributed by atoms with Crippen LogP contribution in [0.2, 0.25) is 0 Å². The van der Waals surface area contributed by atoms with Gasteiger partial charge in [0, 0.05) is 13.1 Å². The number of rotatable bonds is 6. The van der Waals surface area contributed by atoms with Crippen molar-refractivity contribution in [2.45, 2.75) is 20.3 Å². The Kier molecular flexibility index (Phi) is 5.07. The van der Waals surface area contributed by atoms with E-state index < -0.39 is 21.9 Å². The molecule has 0 aliphatic rings. The summed E-state index contributed by atoms with van der Waals surface area (Å²) >= 11 is 0. The fourth-order valence-corrected chi connectivity index (χ4v) is 2.03. The maximum Gasteiger partial charge on any atom is 0.307 e. The van der Waals surface area contributed by atoms with Crippen molar-refractivity contribution in [3.05, 3.63) is 0 Å². The molecule has 0 aliphatic carbocycles. The van der Waals surface area contributed by atoms with Gasteiger partial charge in [0.1, 0.15) is 0 Å². The SMILES string of the molecule is CCCN(CC(C)C(=O)O)S(C)(=O)=O. The summed E-state index contributed by atoms with van der Waals surface area (Å²) in [6, 6.07) is 0. The van der Waals surface area contributed by atoms with Crippen molar-refractivity contribution in [2.75, 3.05) is 19.3 Å². The van der Waals surface area contributed by atoms with Gasteiger partial charge in [-0.15, -0.1) is 0 Å². The van der Waals surface area contributed by atoms with Crippen LogP contribution in [-0.2, 0) is 14.8 Å². The minimum absolute atomic E-state index is 0.0437. The van der Waals surface area contributed by atoms with E-state index in [1.165, 1.54) is 11.2 Å². The van der Waals surface area contributed by atoms with E-state index in [2.05, 4.69) is 0 Å². The van der Waals surface area contributed by atoms with Crippen LogP contribution in [0.15, 0.2) is 0 Å². The highest BCUT2D eigenvalue weighted by molar-refractivity contribution is 7.88. The maximum atomic E-state index is 11.2. The van der Waals surface area contributed by atoms with Gasteiger partial charge in [-0.05, 0) is 6.42 Å². The molecule has 0 saturated carbocycles. The molecule has 0 aromatic heterocycles. The summed E-state index contributed by atoms with van der Waals surface area (Å²) in [5.74, 6) is -1.65. The third kappa shape index (κ3) is 4.57. The molecule has 0 aliphatic heterocycles. The molecule has 1 unspecified atom stereocenters. The lowest BCUT2D eigenvalue weighted by Gasteiger charge is -2.20. The van der Waals surface area contributed by atoms with Gasteiger partial charge in [0.15, 0.2) is 0 Å². The van der Waals surface area contributed by atoms with Crippen LogP contribution in [0.5, 0.6) is 0 Å². The molecule has 0 amide bonds. The number of sulfonamides is 1. The lowest BCUT2D eigenvalue weighted by Crippen LogP contribution is -2.36. The van der Waals surface area contributed by atoms with Gasteiger partial charge in [0.2, 0.25) is 10.0 Å². The van der Waals surface area contributed by atoms with Crippen LogP contribution in [0.3, 0.4) is 0 Å². The van der Waals surface area contributed by atoms with E-state index in [4.69, 9.17) is 5.11 Å². The Morgan fingerprint density at radius 3 is 2.29 bits per heavy atom. The lowest BCUT2D eigenvalue weighted by molar-refractivity contribution is -0.141. The van der Waals surface area contributed by atoms with E-state index in [1.807, 2.05) is 6.92 Å². The molecule has 1 atom stereocenters. The van der Waals surface area contributed by atoms with Gasteiger partial charge in [-0.3, -0.25) is 4.79 Å². The number of aliphatic carboxylic acids is 1. The van der Waals surface area contributed by atoms with Crippen LogP contribution < -0.4 is 0 Å². The van der Waals surface area contributed by atoms with Crippen LogP contribution in [-0.4, -0.2) is 43.1 Å². The average molecular weight is 223 g/mol. The first-order valence-corrected chi connectivity index (χ1v) is 6.31. The normalized spacial score (nSPS) is 14.3. The Morgan fingerprint density at radius 2 is 2.00 bits per heavy atom. The van der Waals surface area contributed by atoms with Crippen molar-refractivity contribution in [2.24, 2.45) is 5.92 Å². The highest BCUT2D eigenvalue weighted by atomic mass is 32.2. The molecule has 14 heavy (non-hydrogen) atoms. The van der Waals surface area contributed by atoms with Crippen molar-refractivity contribution in [3.8, 4) is 0 Å². The van der Waals surface area contributed by atoms with E-state index in [-0.39, 0.29) is 6.54 Å². The van der Waals surface area contributed by atoms with Gasteiger partial charge in [-0.25, -0.2) is 12.7 Å². The highest BCUT2D eigenvalue weighted by Gasteiger charge is 2.21. The molecule has 84 valence electrons. The van der Waals surface area contributed by atoms with Gasteiger partial charge in [0.05, 0.1) is 12.2 Å². The molecule has 0 bridgehead atoms. The quantitative estimate of drug-likeness (QED) is 0.706. The molecule has 0 heterocycles. The number of hydrogen-bond donors (Lipinski definition) is 1. The first-order valence-electron chi connectivity index (χ1n) is 4.47. The van der Waals surface area contributed by atoms with Crippen LogP contribution in [0.1, 0.15) is 20.3 Å². The minimum atomic E-state index is -3.29. The van der Waals surface area contributed by atoms with E-state index in [1.54, 1.807) is 0 Å². The maximum absolute atomic E-state index is 11.2. The van der Waals surface area contributed by atoms with Crippen LogP contribution in [0, 0.1) is 5.92 Å². The van der Waals surface area contributed by atoms with E-state index in [0.717, 1.165) is 6.26 Å². The first-order chi connectivity index (χ1) is 6.29. The summed E-state index contributed by atoms with van der Waals surface area (Å²) in [6.45, 7) is 3.76. The number of nitrogens with zero attached hydrogens (tertiary/aromatic N) is 1. The van der Waals surface area contributed by atoms with Crippen molar-refractivity contribution >= 4 is 16.0 Å². The van der Waals surface area contributed by atoms with Crippen LogP contribution in [0.4, 0.5) is 0 Å². The summed E-state index contributed by atoms with van der Waals surface area (Å²) in [6.07, 6.45) is 1.77. The average Bonchev–Trinajstić information content (AvgIpc) is 2.01. The van der Waals surface area contributed by atoms with Crippen molar-refractivity contribution < 1.29 is 18.3 Å². The molecule has 0 radical (unpaired) electrons. The minimum Gasteiger partial charge on any atom is -0.481 e. The fourth-order valence-electron chi connectivity index (χ4n) is 1.03. The molecular weight excluding hydrogens is 206 g/mol. The Balaban J connectivity index is 4.46. The fraction of sp³-hybridized carbons (Fsp3) is 0.875. The predicted molar refractivity (Wildman–Crippen MR) is 53.5 cm³/mol. The molecule has 5 nitrogen and oxygen atoms in total. The summed E-state index contributed by atoms with van der Waals surface area (Å²) in [5, 5.41) is 8.64. The van der Waals surface area contributed by atoms with Gasteiger partial charge in [-0.1, -0.05) is 13.8 Å². The van der Waals surface area contributed by atoms with Crippen LogP contribution >= 0.6 is 0 Å². The van der Waals surface area contributed by atoms with Crippen molar-refractivity contribution in [1.29, 1.82) is 0 Å². The van der Waals surface area contributed by atoms with Gasteiger partial charge in [0.25, 0.3) is 0 Å². The molecule has 6 heteroatoms. The summed E-state index contributed by atoms with van der Waals surface area (Å²) in [4.78, 5) is 10.5. The smallest absolute Gasteiger partial charge is 0.307 e. The number of carbonyl (C=O) groups is 1. The number of carboxylic acid groups (broad SMARTS) is 1. The second-order valence-electron chi connectivity index (χ2n) is 3.36. The highest BCUT2D eigenvalue weighted by Crippen LogP contribution is 2.05. The Labute approximate surface area is 84.8 Å². The molecule has 0 fully saturated rings. The van der Waals surface area contributed by atoms with Gasteiger partial charge >= 0.3 is 5.97 Å². The zero-order valence-electron chi connectivity index (χ0n) is 8.73. The molecule has 0 aromatic carbocycles. The van der Waals surface area contributed by atoms with Gasteiger partial charge < -0.3 is 5.11 Å². The molecule has 0 saturated heterocycles. The molecule has 0 aromatic rings. The molecule has 0 spiro atoms. The van der Waals surface area contributed by atoms with E-state index in [0.29, 0.717) is 13.0 Å². The second kappa shape index (κ2) is 5.31. The first kappa shape index (κ1) is 13.4. The molecule has 0 rings (SSSR count). The summed E-state index contributed by atoms with van der Waals surface area (Å²) < 4.78 is 23.6. The Hall–Kier alpha value is -0.620. The third-order valence-corrected chi connectivity index (χ3v) is 3.11. The number of hydrogen-bond acceptors (Lipinski definition) is 3. The van der Waals surface area contributed by atoms with Gasteiger partial charge in [-0.2, -0.15) is 0 Å². The Morgan fingerprint density at radius 1 is 1.50 bits per heavy atom.